The van der Waals surface area contributed by atoms with Crippen LogP contribution in [0.1, 0.15) is 27.2 Å². The number of aliphatic carboxylic acids is 1. The molecule has 15 heavy (non-hydrogen) atoms. The van der Waals surface area contributed by atoms with Crippen LogP contribution in [0.15, 0.2) is 0 Å². The number of nitrogens with zero attached hydrogens (tertiary/aromatic N) is 1. The Hall–Kier alpha value is -1.77. The topological polar surface area (TPSA) is 99.4 Å². The third kappa shape index (κ3) is 7.31. The Kier molecular flexibility index (Phi) is 4.58. The van der Waals surface area contributed by atoms with Crippen molar-refractivity contribution in [2.24, 2.45) is 0 Å². The minimum Gasteiger partial charge on any atom is -0.481 e. The van der Waals surface area contributed by atoms with Crippen LogP contribution in [0.25, 0.3) is 0 Å². The van der Waals surface area contributed by atoms with Crippen LogP contribution in [0.2, 0.25) is 0 Å². The molecule has 0 heterocycles. The van der Waals surface area contributed by atoms with Crippen molar-refractivity contribution in [2.45, 2.75) is 38.8 Å². The van der Waals surface area contributed by atoms with Crippen LogP contribution in [0.5, 0.6) is 0 Å². The third-order valence-electron chi connectivity index (χ3n) is 1.23. The van der Waals surface area contributed by atoms with Gasteiger partial charge in [-0.2, -0.15) is 5.26 Å². The molecule has 0 saturated heterocycles. The molecule has 0 spiro atoms. The molecule has 0 fully saturated rings. The largest absolute Gasteiger partial charge is 0.481 e. The Labute approximate surface area is 87.8 Å². The predicted molar refractivity (Wildman–Crippen MR) is 51.0 cm³/mol. The molecule has 0 bridgehead atoms. The minimum absolute atomic E-state index is 0.449. The number of carboxylic acids is 1. The van der Waals surface area contributed by atoms with Crippen LogP contribution < -0.4 is 5.32 Å². The number of carboxylic acid groups (broad SMARTS) is 1. The molecule has 0 aliphatic carbocycles. The van der Waals surface area contributed by atoms with Crippen molar-refractivity contribution in [1.82, 2.24) is 5.32 Å². The SMILES string of the molecule is CC(C)(C)OC(=O)N[C@H](C#N)CC(=O)O. The van der Waals surface area contributed by atoms with Gasteiger partial charge in [0.25, 0.3) is 0 Å². The number of nitriles is 1. The highest BCUT2D eigenvalue weighted by molar-refractivity contribution is 5.72. The molecule has 0 saturated carbocycles. The van der Waals surface area contributed by atoms with Gasteiger partial charge in [-0.3, -0.25) is 4.79 Å². The number of carbonyl (C=O) groups excluding carboxylic acids is 1. The van der Waals surface area contributed by atoms with E-state index in [0.717, 1.165) is 0 Å². The monoisotopic (exact) mass is 214 g/mol. The second kappa shape index (κ2) is 5.20. The van der Waals surface area contributed by atoms with Gasteiger partial charge in [-0.15, -0.1) is 0 Å². The first kappa shape index (κ1) is 13.2. The van der Waals surface area contributed by atoms with Crippen molar-refractivity contribution < 1.29 is 19.4 Å². The smallest absolute Gasteiger partial charge is 0.408 e. The van der Waals surface area contributed by atoms with Crippen molar-refractivity contribution in [3.8, 4) is 6.07 Å². The summed E-state index contributed by atoms with van der Waals surface area (Å²) >= 11 is 0. The molecule has 0 aromatic carbocycles. The maximum absolute atomic E-state index is 11.1. The maximum atomic E-state index is 11.1. The molecule has 0 aliphatic rings. The lowest BCUT2D eigenvalue weighted by Crippen LogP contribution is -2.39. The molecule has 0 aliphatic heterocycles. The molecule has 0 aromatic rings. The van der Waals surface area contributed by atoms with Gasteiger partial charge in [0.15, 0.2) is 0 Å². The molecule has 0 radical (unpaired) electrons. The highest BCUT2D eigenvalue weighted by atomic mass is 16.6. The average molecular weight is 214 g/mol. The highest BCUT2D eigenvalue weighted by Crippen LogP contribution is 2.06. The average Bonchev–Trinajstić information content (AvgIpc) is 1.98. The zero-order chi connectivity index (χ0) is 12.1. The maximum Gasteiger partial charge on any atom is 0.408 e. The fraction of sp³-hybridized carbons (Fsp3) is 0.667. The van der Waals surface area contributed by atoms with Crippen molar-refractivity contribution >= 4 is 12.1 Å². The molecular formula is C9H14N2O4. The fourth-order valence-corrected chi connectivity index (χ4v) is 0.753. The summed E-state index contributed by atoms with van der Waals surface area (Å²) in [6.45, 7) is 5.02. The van der Waals surface area contributed by atoms with Gasteiger partial charge in [0, 0.05) is 0 Å². The van der Waals surface area contributed by atoms with Gasteiger partial charge < -0.3 is 15.2 Å². The molecule has 1 amide bonds. The third-order valence-corrected chi connectivity index (χ3v) is 1.23. The van der Waals surface area contributed by atoms with Crippen LogP contribution in [-0.2, 0) is 9.53 Å². The number of ether oxygens (including phenoxy) is 1. The lowest BCUT2D eigenvalue weighted by atomic mass is 10.2. The Morgan fingerprint density at radius 1 is 1.53 bits per heavy atom. The van der Waals surface area contributed by atoms with Gasteiger partial charge >= 0.3 is 12.1 Å². The van der Waals surface area contributed by atoms with Crippen LogP contribution >= 0.6 is 0 Å². The molecule has 6 heteroatoms. The highest BCUT2D eigenvalue weighted by Gasteiger charge is 2.20. The molecule has 84 valence electrons. The number of rotatable bonds is 3. The number of hydrogen-bond acceptors (Lipinski definition) is 4. The van der Waals surface area contributed by atoms with Gasteiger partial charge in [0.2, 0.25) is 0 Å². The number of alkyl carbamates (subject to hydrolysis) is 1. The molecule has 6 nitrogen and oxygen atoms in total. The van der Waals surface area contributed by atoms with E-state index in [1.54, 1.807) is 26.8 Å². The van der Waals surface area contributed by atoms with Crippen LogP contribution in [0.3, 0.4) is 0 Å². The number of amides is 1. The molecular weight excluding hydrogens is 200 g/mol. The zero-order valence-electron chi connectivity index (χ0n) is 8.90. The Balaban J connectivity index is 4.15. The van der Waals surface area contributed by atoms with Gasteiger partial charge in [-0.05, 0) is 20.8 Å². The molecule has 0 unspecified atom stereocenters. The predicted octanol–water partition coefficient (Wildman–Crippen LogP) is 0.878. The lowest BCUT2D eigenvalue weighted by molar-refractivity contribution is -0.137. The van der Waals surface area contributed by atoms with Gasteiger partial charge in [-0.25, -0.2) is 4.79 Å². The van der Waals surface area contributed by atoms with E-state index in [-0.39, 0.29) is 0 Å². The number of carbonyl (C=O) groups is 2. The van der Waals surface area contributed by atoms with E-state index in [0.29, 0.717) is 0 Å². The first-order valence-corrected chi connectivity index (χ1v) is 4.35. The van der Waals surface area contributed by atoms with E-state index in [2.05, 4.69) is 5.32 Å². The van der Waals surface area contributed by atoms with Crippen molar-refractivity contribution in [3.63, 3.8) is 0 Å². The summed E-state index contributed by atoms with van der Waals surface area (Å²) in [5, 5.41) is 19.1. The molecule has 2 N–H and O–H groups in total. The van der Waals surface area contributed by atoms with Crippen molar-refractivity contribution in [1.29, 1.82) is 5.26 Å². The van der Waals surface area contributed by atoms with Gasteiger partial charge in [0.1, 0.15) is 11.6 Å². The lowest BCUT2D eigenvalue weighted by Gasteiger charge is -2.20. The van der Waals surface area contributed by atoms with Crippen molar-refractivity contribution in [2.75, 3.05) is 0 Å². The van der Waals surface area contributed by atoms with Crippen LogP contribution in [0.4, 0.5) is 4.79 Å². The second-order valence-corrected chi connectivity index (χ2v) is 3.93. The normalized spacial score (nSPS) is 12.4. The summed E-state index contributed by atoms with van der Waals surface area (Å²) in [6, 6.07) is 0.585. The number of nitrogens with one attached hydrogen (secondary N) is 1. The minimum atomic E-state index is -1.15. The van der Waals surface area contributed by atoms with Gasteiger partial charge in [0.05, 0.1) is 12.5 Å². The Morgan fingerprint density at radius 3 is 2.40 bits per heavy atom. The Bertz CT molecular complexity index is 287. The summed E-state index contributed by atoms with van der Waals surface area (Å²) in [5.41, 5.74) is -0.673. The van der Waals surface area contributed by atoms with E-state index in [9.17, 15) is 9.59 Å². The van der Waals surface area contributed by atoms with E-state index >= 15 is 0 Å². The fourth-order valence-electron chi connectivity index (χ4n) is 0.753. The zero-order valence-corrected chi connectivity index (χ0v) is 8.90. The van der Waals surface area contributed by atoms with E-state index < -0.39 is 30.1 Å². The first-order valence-electron chi connectivity index (χ1n) is 4.35. The summed E-state index contributed by atoms with van der Waals surface area (Å²) in [5.74, 6) is -1.15. The number of hydrogen-bond donors (Lipinski definition) is 2. The van der Waals surface area contributed by atoms with Gasteiger partial charge in [-0.1, -0.05) is 0 Å². The van der Waals surface area contributed by atoms with Crippen LogP contribution in [-0.4, -0.2) is 28.8 Å². The van der Waals surface area contributed by atoms with E-state index in [4.69, 9.17) is 15.1 Å². The first-order chi connectivity index (χ1) is 6.74. The second-order valence-electron chi connectivity index (χ2n) is 3.93. The van der Waals surface area contributed by atoms with E-state index in [1.807, 2.05) is 0 Å². The molecule has 0 rings (SSSR count). The summed E-state index contributed by atoms with van der Waals surface area (Å²) in [6.07, 6.45) is -1.24. The summed E-state index contributed by atoms with van der Waals surface area (Å²) < 4.78 is 4.86. The van der Waals surface area contributed by atoms with E-state index in [1.165, 1.54) is 0 Å². The molecule has 1 atom stereocenters. The van der Waals surface area contributed by atoms with Crippen molar-refractivity contribution in [3.05, 3.63) is 0 Å². The summed E-state index contributed by atoms with van der Waals surface area (Å²) in [7, 11) is 0. The quantitative estimate of drug-likeness (QED) is 0.726. The summed E-state index contributed by atoms with van der Waals surface area (Å²) in [4.78, 5) is 21.4. The van der Waals surface area contributed by atoms with Crippen LogP contribution in [0, 0.1) is 11.3 Å². The Morgan fingerprint density at radius 2 is 2.07 bits per heavy atom. The molecule has 0 aromatic heterocycles. The standard InChI is InChI=1S/C9H14N2O4/c1-9(2,3)15-8(14)11-6(5-10)4-7(12)13/h6H,4H2,1-3H3,(H,11,14)(H,12,13)/t6-/m0/s1.